The average molecular weight is 487 g/mol. The Morgan fingerprint density at radius 2 is 2.00 bits per heavy atom. The number of nitrogens with one attached hydrogen (secondary N) is 1. The summed E-state index contributed by atoms with van der Waals surface area (Å²) in [6, 6.07) is 0.756. The number of hydrogen-bond donors (Lipinski definition) is 1. The van der Waals surface area contributed by atoms with E-state index >= 15 is 0 Å². The predicted molar refractivity (Wildman–Crippen MR) is 115 cm³/mol. The van der Waals surface area contributed by atoms with Crippen LogP contribution in [-0.2, 0) is 11.3 Å². The summed E-state index contributed by atoms with van der Waals surface area (Å²) in [6.07, 6.45) is 5.64. The van der Waals surface area contributed by atoms with Crippen LogP contribution in [0.1, 0.15) is 38.9 Å². The number of fused-ring (bicyclic) bond motifs is 3. The van der Waals surface area contributed by atoms with Crippen LogP contribution in [0.5, 0.6) is 5.75 Å². The van der Waals surface area contributed by atoms with Gasteiger partial charge in [-0.25, -0.2) is 13.2 Å². The molecule has 1 saturated carbocycles. The third kappa shape index (κ3) is 2.81. The zero-order valence-corrected chi connectivity index (χ0v) is 18.5. The molecule has 4 aliphatic rings. The molecule has 2 fully saturated rings. The highest BCUT2D eigenvalue weighted by Crippen LogP contribution is 2.64. The molecule has 4 atom stereocenters. The summed E-state index contributed by atoms with van der Waals surface area (Å²) in [4.78, 5) is 41.4. The molecule has 4 heterocycles. The molecule has 6 rings (SSSR count). The highest BCUT2D eigenvalue weighted by molar-refractivity contribution is 6.00. The van der Waals surface area contributed by atoms with E-state index in [1.807, 2.05) is 12.2 Å². The highest BCUT2D eigenvalue weighted by atomic mass is 19.1. The van der Waals surface area contributed by atoms with Crippen LogP contribution in [0, 0.1) is 23.4 Å². The summed E-state index contributed by atoms with van der Waals surface area (Å²) in [5.41, 5.74) is -2.23. The topological polar surface area (TPSA) is 89.9 Å². The minimum Gasteiger partial charge on any atom is -0.491 e. The molecule has 1 aromatic heterocycles. The van der Waals surface area contributed by atoms with E-state index in [4.69, 9.17) is 9.47 Å². The van der Waals surface area contributed by atoms with Crippen LogP contribution >= 0.6 is 0 Å². The fraction of sp³-hybridized carbons (Fsp3) is 0.375. The van der Waals surface area contributed by atoms with Gasteiger partial charge >= 0.3 is 0 Å². The Morgan fingerprint density at radius 1 is 1.26 bits per heavy atom. The summed E-state index contributed by atoms with van der Waals surface area (Å²) >= 11 is 0. The molecule has 3 unspecified atom stereocenters. The van der Waals surface area contributed by atoms with Crippen molar-refractivity contribution in [3.05, 3.63) is 75.0 Å². The van der Waals surface area contributed by atoms with Crippen molar-refractivity contribution in [1.82, 2.24) is 14.8 Å². The molecular formula is C24H20F3N3O5. The van der Waals surface area contributed by atoms with Gasteiger partial charge in [0.15, 0.2) is 11.4 Å². The van der Waals surface area contributed by atoms with E-state index in [1.165, 1.54) is 13.3 Å². The average Bonchev–Trinajstić information content (AvgIpc) is 3.51. The Labute approximate surface area is 196 Å². The molecule has 2 amide bonds. The lowest BCUT2D eigenvalue weighted by Gasteiger charge is -2.47. The molecular weight excluding hydrogens is 467 g/mol. The first kappa shape index (κ1) is 21.9. The van der Waals surface area contributed by atoms with Crippen LogP contribution in [0.3, 0.4) is 0 Å². The highest BCUT2D eigenvalue weighted by Gasteiger charge is 2.77. The first-order valence-electron chi connectivity index (χ1n) is 11.2. The van der Waals surface area contributed by atoms with Gasteiger partial charge in [0.25, 0.3) is 11.8 Å². The van der Waals surface area contributed by atoms with Crippen LogP contribution < -0.4 is 15.5 Å². The van der Waals surface area contributed by atoms with Gasteiger partial charge in [0.2, 0.25) is 5.43 Å². The van der Waals surface area contributed by atoms with Gasteiger partial charge in [-0.1, -0.05) is 12.2 Å². The predicted octanol–water partition coefficient (Wildman–Crippen LogP) is 1.93. The van der Waals surface area contributed by atoms with Crippen molar-refractivity contribution in [2.75, 3.05) is 20.3 Å². The maximum absolute atomic E-state index is 14.0. The van der Waals surface area contributed by atoms with E-state index in [0.29, 0.717) is 31.7 Å². The molecule has 3 aliphatic heterocycles. The molecule has 1 aromatic carbocycles. The number of halogens is 3. The summed E-state index contributed by atoms with van der Waals surface area (Å²) in [5.74, 6) is -4.97. The van der Waals surface area contributed by atoms with E-state index in [-0.39, 0.29) is 41.0 Å². The first-order valence-corrected chi connectivity index (χ1v) is 11.2. The fourth-order valence-corrected chi connectivity index (χ4v) is 5.98. The molecule has 8 nitrogen and oxygen atoms in total. The number of methoxy groups -OCH3 is 1. The Bertz CT molecular complexity index is 1370. The van der Waals surface area contributed by atoms with Crippen LogP contribution in [0.4, 0.5) is 13.2 Å². The zero-order valence-electron chi connectivity index (χ0n) is 18.5. The molecule has 35 heavy (non-hydrogen) atoms. The monoisotopic (exact) mass is 487 g/mol. The molecule has 0 bridgehead atoms. The van der Waals surface area contributed by atoms with Gasteiger partial charge in [-0.15, -0.1) is 0 Å². The normalized spacial score (nSPS) is 27.6. The molecule has 0 radical (unpaired) electrons. The number of amides is 2. The van der Waals surface area contributed by atoms with Crippen LogP contribution in [0.2, 0.25) is 0 Å². The number of carbonyl (C=O) groups excluding carboxylic acids is 2. The van der Waals surface area contributed by atoms with Gasteiger partial charge in [0.1, 0.15) is 23.0 Å². The van der Waals surface area contributed by atoms with Crippen LogP contribution in [0.15, 0.2) is 35.3 Å². The van der Waals surface area contributed by atoms with Crippen LogP contribution in [-0.4, -0.2) is 53.2 Å². The van der Waals surface area contributed by atoms with E-state index < -0.39 is 46.4 Å². The number of carbonyl (C=O) groups is 2. The maximum atomic E-state index is 14.0. The van der Waals surface area contributed by atoms with Crippen molar-refractivity contribution in [2.45, 2.75) is 30.7 Å². The molecule has 1 N–H and O–H groups in total. The third-order valence-electron chi connectivity index (χ3n) is 7.48. The van der Waals surface area contributed by atoms with E-state index in [0.717, 1.165) is 0 Å². The van der Waals surface area contributed by atoms with E-state index in [9.17, 15) is 27.6 Å². The minimum absolute atomic E-state index is 0.00739. The van der Waals surface area contributed by atoms with Gasteiger partial charge in [-0.2, -0.15) is 0 Å². The van der Waals surface area contributed by atoms with Gasteiger partial charge in [0.05, 0.1) is 24.8 Å². The summed E-state index contributed by atoms with van der Waals surface area (Å²) in [6.45, 7) is 0.213. The second-order valence-corrected chi connectivity index (χ2v) is 9.04. The number of benzene rings is 1. The number of nitrogens with zero attached hydrogens (tertiary/aromatic N) is 2. The quantitative estimate of drug-likeness (QED) is 0.666. The standard InChI is InChI=1S/C24H20F3N3O5/c1-34-20-18-23(33)30-5-2-3-14-21-24(14,30)17(4-6-35-21)29(18)10-13(19(20)31)22(32)28-9-12-15(26)7-11(25)8-16(12)27/h2-3,7-8,10,14,17,21H,4-6,9H2,1H3,(H,28,32)/t14?,17?,21?,24-/m0/s1. The van der Waals surface area contributed by atoms with Crippen molar-refractivity contribution >= 4 is 11.8 Å². The van der Waals surface area contributed by atoms with Crippen molar-refractivity contribution in [3.63, 3.8) is 0 Å². The Kier molecular flexibility index (Phi) is 4.66. The summed E-state index contributed by atoms with van der Waals surface area (Å²) in [5, 5.41) is 2.32. The summed E-state index contributed by atoms with van der Waals surface area (Å²) < 4.78 is 54.1. The second kappa shape index (κ2) is 7.45. The molecule has 1 spiro atoms. The number of ether oxygens (including phenoxy) is 2. The number of aromatic nitrogens is 1. The van der Waals surface area contributed by atoms with E-state index in [2.05, 4.69) is 5.32 Å². The van der Waals surface area contributed by atoms with Crippen molar-refractivity contribution in [3.8, 4) is 5.75 Å². The molecule has 11 heteroatoms. The Morgan fingerprint density at radius 3 is 2.71 bits per heavy atom. The molecule has 182 valence electrons. The Hall–Kier alpha value is -3.60. The Balaban J connectivity index is 1.41. The van der Waals surface area contributed by atoms with Crippen molar-refractivity contribution in [1.29, 1.82) is 0 Å². The number of hydrogen-bond acceptors (Lipinski definition) is 5. The molecule has 1 aliphatic carbocycles. The van der Waals surface area contributed by atoms with Gasteiger partial charge in [-0.3, -0.25) is 14.4 Å². The second-order valence-electron chi connectivity index (χ2n) is 9.04. The largest absolute Gasteiger partial charge is 0.491 e. The SMILES string of the molecule is COc1c2n(cc(C(=O)NCc3c(F)cc(F)cc3F)c1=O)C1CCOC3C4C=CCN(C2=O)[C@]431. The van der Waals surface area contributed by atoms with Crippen molar-refractivity contribution < 1.29 is 32.2 Å². The molecule has 2 aromatic rings. The first-order chi connectivity index (χ1) is 16.8. The minimum atomic E-state index is -1.16. The maximum Gasteiger partial charge on any atom is 0.275 e. The lowest BCUT2D eigenvalue weighted by Crippen LogP contribution is -2.58. The number of rotatable bonds is 4. The number of pyridine rings is 1. The molecule has 1 saturated heterocycles. The van der Waals surface area contributed by atoms with E-state index in [1.54, 1.807) is 9.47 Å². The van der Waals surface area contributed by atoms with Crippen molar-refractivity contribution in [2.24, 2.45) is 5.92 Å². The lowest BCUT2D eigenvalue weighted by molar-refractivity contribution is -0.0184. The third-order valence-corrected chi connectivity index (χ3v) is 7.48. The lowest BCUT2D eigenvalue weighted by atomic mass is 9.90. The summed E-state index contributed by atoms with van der Waals surface area (Å²) in [7, 11) is 1.24. The van der Waals surface area contributed by atoms with Gasteiger partial charge in [0, 0.05) is 49.5 Å². The van der Waals surface area contributed by atoms with Crippen LogP contribution in [0.25, 0.3) is 0 Å². The fourth-order valence-electron chi connectivity index (χ4n) is 5.98. The smallest absolute Gasteiger partial charge is 0.275 e. The van der Waals surface area contributed by atoms with Gasteiger partial charge < -0.3 is 24.3 Å². The van der Waals surface area contributed by atoms with Gasteiger partial charge in [-0.05, 0) is 6.42 Å². The zero-order chi connectivity index (χ0) is 24.6.